The molecule has 0 aliphatic rings. The Morgan fingerprint density at radius 2 is 0.938 bits per heavy atom. The van der Waals surface area contributed by atoms with E-state index in [4.69, 9.17) is 4.42 Å². The summed E-state index contributed by atoms with van der Waals surface area (Å²) >= 11 is 0. The van der Waals surface area contributed by atoms with Crippen molar-refractivity contribution in [3.63, 3.8) is 0 Å². The van der Waals surface area contributed by atoms with Gasteiger partial charge in [0, 0.05) is 33.0 Å². The van der Waals surface area contributed by atoms with Gasteiger partial charge in [-0.05, 0) is 86.6 Å². The molecule has 0 saturated carbocycles. The maximum atomic E-state index is 6.25. The average molecular weight is 614 g/mol. The SMILES string of the molecule is c1ccc(-c2nnc(-c3ccc4c(c3)c3c5ccccc5c5cc(-c6ccccc6)c6ccccc6c5c3n4-c3ccccc3)o2)cc1. The molecule has 0 spiro atoms. The molecule has 0 unspecified atom stereocenters. The molecule has 4 nitrogen and oxygen atoms in total. The van der Waals surface area contributed by atoms with Crippen LogP contribution in [0.1, 0.15) is 0 Å². The first-order valence-electron chi connectivity index (χ1n) is 16.2. The van der Waals surface area contributed by atoms with Gasteiger partial charge in [-0.2, -0.15) is 0 Å². The lowest BCUT2D eigenvalue weighted by Gasteiger charge is -2.17. The van der Waals surface area contributed by atoms with Crippen LogP contribution >= 0.6 is 0 Å². The average Bonchev–Trinajstić information content (AvgIpc) is 3.79. The highest BCUT2D eigenvalue weighted by atomic mass is 16.4. The minimum Gasteiger partial charge on any atom is -0.416 e. The number of fused-ring (bicyclic) bond motifs is 10. The van der Waals surface area contributed by atoms with Gasteiger partial charge in [-0.15, -0.1) is 10.2 Å². The van der Waals surface area contributed by atoms with Gasteiger partial charge in [0.25, 0.3) is 0 Å². The minimum atomic E-state index is 0.499. The highest BCUT2D eigenvalue weighted by Gasteiger charge is 2.23. The van der Waals surface area contributed by atoms with Crippen LogP contribution in [0, 0.1) is 0 Å². The number of aromatic nitrogens is 3. The number of rotatable bonds is 4. The van der Waals surface area contributed by atoms with Gasteiger partial charge in [0.1, 0.15) is 0 Å². The van der Waals surface area contributed by atoms with E-state index in [9.17, 15) is 0 Å². The van der Waals surface area contributed by atoms with Crippen molar-refractivity contribution in [1.82, 2.24) is 14.8 Å². The first-order chi connectivity index (χ1) is 23.8. The number of benzene rings is 8. The number of hydrogen-bond donors (Lipinski definition) is 0. The Labute approximate surface area is 276 Å². The van der Waals surface area contributed by atoms with Crippen molar-refractivity contribution in [2.24, 2.45) is 0 Å². The summed E-state index contributed by atoms with van der Waals surface area (Å²) < 4.78 is 8.68. The molecule has 4 heteroatoms. The lowest BCUT2D eigenvalue weighted by atomic mass is 9.89. The first-order valence-corrected chi connectivity index (χ1v) is 16.2. The molecule has 8 aromatic carbocycles. The van der Waals surface area contributed by atoms with E-state index in [2.05, 4.69) is 148 Å². The zero-order chi connectivity index (χ0) is 31.6. The summed E-state index contributed by atoms with van der Waals surface area (Å²) in [5, 5.41) is 18.6. The van der Waals surface area contributed by atoms with Crippen molar-refractivity contribution in [2.75, 3.05) is 0 Å². The maximum absolute atomic E-state index is 6.25. The van der Waals surface area contributed by atoms with Crippen LogP contribution in [0.4, 0.5) is 0 Å². The van der Waals surface area contributed by atoms with Gasteiger partial charge in [-0.1, -0.05) is 115 Å². The molecule has 2 heterocycles. The van der Waals surface area contributed by atoms with E-state index in [1.54, 1.807) is 0 Å². The topological polar surface area (TPSA) is 43.9 Å². The third-order valence-electron chi connectivity index (χ3n) is 9.53. The van der Waals surface area contributed by atoms with E-state index in [-0.39, 0.29) is 0 Å². The van der Waals surface area contributed by atoms with Crippen LogP contribution in [-0.2, 0) is 0 Å². The van der Waals surface area contributed by atoms with Crippen LogP contribution in [0.2, 0.25) is 0 Å². The third kappa shape index (κ3) is 3.96. The van der Waals surface area contributed by atoms with E-state index in [0.717, 1.165) is 27.7 Å². The molecule has 0 amide bonds. The van der Waals surface area contributed by atoms with Gasteiger partial charge in [0.2, 0.25) is 11.8 Å². The second kappa shape index (κ2) is 10.5. The smallest absolute Gasteiger partial charge is 0.248 e. The maximum Gasteiger partial charge on any atom is 0.248 e. The van der Waals surface area contributed by atoms with Crippen LogP contribution in [0.5, 0.6) is 0 Å². The number of para-hydroxylation sites is 1. The second-order valence-corrected chi connectivity index (χ2v) is 12.2. The van der Waals surface area contributed by atoms with Crippen LogP contribution in [0.25, 0.3) is 93.8 Å². The molecule has 10 aromatic rings. The molecule has 224 valence electrons. The third-order valence-corrected chi connectivity index (χ3v) is 9.53. The molecule has 0 bridgehead atoms. The van der Waals surface area contributed by atoms with Crippen molar-refractivity contribution in [1.29, 1.82) is 0 Å². The van der Waals surface area contributed by atoms with E-state index in [0.29, 0.717) is 11.8 Å². The highest BCUT2D eigenvalue weighted by Crippen LogP contribution is 2.47. The van der Waals surface area contributed by atoms with Gasteiger partial charge >= 0.3 is 0 Å². The molecule has 48 heavy (non-hydrogen) atoms. The minimum absolute atomic E-state index is 0.499. The van der Waals surface area contributed by atoms with Crippen LogP contribution < -0.4 is 0 Å². The van der Waals surface area contributed by atoms with E-state index in [1.165, 1.54) is 54.3 Å². The van der Waals surface area contributed by atoms with Crippen molar-refractivity contribution in [2.45, 2.75) is 0 Å². The predicted octanol–water partition coefficient (Wildman–Crippen LogP) is 11.6. The molecule has 0 radical (unpaired) electrons. The van der Waals surface area contributed by atoms with Crippen molar-refractivity contribution >= 4 is 54.1 Å². The zero-order valence-electron chi connectivity index (χ0n) is 25.8. The molecule has 2 aromatic heterocycles. The molecular weight excluding hydrogens is 587 g/mol. The summed E-state index contributed by atoms with van der Waals surface area (Å²) in [6.07, 6.45) is 0. The summed E-state index contributed by atoms with van der Waals surface area (Å²) in [6.45, 7) is 0. The monoisotopic (exact) mass is 613 g/mol. The quantitative estimate of drug-likeness (QED) is 0.186. The van der Waals surface area contributed by atoms with Gasteiger partial charge in [-0.25, -0.2) is 0 Å². The summed E-state index contributed by atoms with van der Waals surface area (Å²) in [5.74, 6) is 1.01. The zero-order valence-corrected chi connectivity index (χ0v) is 25.8. The highest BCUT2D eigenvalue weighted by molar-refractivity contribution is 6.37. The van der Waals surface area contributed by atoms with Gasteiger partial charge in [0.05, 0.1) is 11.0 Å². The molecule has 0 atom stereocenters. The largest absolute Gasteiger partial charge is 0.416 e. The molecule has 0 N–H and O–H groups in total. The van der Waals surface area contributed by atoms with E-state index < -0.39 is 0 Å². The van der Waals surface area contributed by atoms with Gasteiger partial charge in [-0.3, -0.25) is 0 Å². The Hall–Kier alpha value is -6.52. The normalized spacial score (nSPS) is 11.8. The van der Waals surface area contributed by atoms with Gasteiger partial charge < -0.3 is 8.98 Å². The van der Waals surface area contributed by atoms with Crippen LogP contribution in [-0.4, -0.2) is 14.8 Å². The Kier molecular flexibility index (Phi) is 5.84. The summed E-state index contributed by atoms with van der Waals surface area (Å²) in [5.41, 5.74) is 7.66. The molecule has 0 saturated heterocycles. The van der Waals surface area contributed by atoms with Gasteiger partial charge in [0.15, 0.2) is 0 Å². The van der Waals surface area contributed by atoms with Crippen molar-refractivity contribution in [3.8, 4) is 39.7 Å². The van der Waals surface area contributed by atoms with E-state index >= 15 is 0 Å². The molecule has 0 aliphatic carbocycles. The Bertz CT molecular complexity index is 2820. The standard InChI is InChI=1S/C44H27N3O/c1-4-14-28(15-5-1)36-27-37-33-21-11-13-23-35(33)41-38-26-30(44-46-45-43(48-44)29-16-6-2-7-17-29)24-25-39(38)47(31-18-8-3-9-19-31)42(41)40(37)34-22-12-10-20-32(34)36/h1-27H. The predicted molar refractivity (Wildman–Crippen MR) is 197 cm³/mol. The fraction of sp³-hybridized carbons (Fsp3) is 0. The van der Waals surface area contributed by atoms with Crippen LogP contribution in [0.15, 0.2) is 168 Å². The van der Waals surface area contributed by atoms with Crippen molar-refractivity contribution in [3.05, 3.63) is 164 Å². The fourth-order valence-electron chi connectivity index (χ4n) is 7.45. The molecule has 10 rings (SSSR count). The second-order valence-electron chi connectivity index (χ2n) is 12.2. The summed E-state index contributed by atoms with van der Waals surface area (Å²) in [6, 6.07) is 57.9. The Morgan fingerprint density at radius 3 is 1.65 bits per heavy atom. The number of nitrogens with zero attached hydrogens (tertiary/aromatic N) is 3. The lowest BCUT2D eigenvalue weighted by Crippen LogP contribution is -1.95. The van der Waals surface area contributed by atoms with Crippen molar-refractivity contribution < 1.29 is 4.42 Å². The Morgan fingerprint density at radius 1 is 0.396 bits per heavy atom. The fourth-order valence-corrected chi connectivity index (χ4v) is 7.45. The first kappa shape index (κ1) is 26.7. The lowest BCUT2D eigenvalue weighted by molar-refractivity contribution is 0.584. The molecular formula is C44H27N3O. The Balaban J connectivity index is 1.37. The number of hydrogen-bond acceptors (Lipinski definition) is 3. The summed E-state index contributed by atoms with van der Waals surface area (Å²) in [4.78, 5) is 0. The molecule has 0 aliphatic heterocycles. The van der Waals surface area contributed by atoms with Crippen LogP contribution in [0.3, 0.4) is 0 Å². The summed E-state index contributed by atoms with van der Waals surface area (Å²) in [7, 11) is 0. The molecule has 0 fully saturated rings. The van der Waals surface area contributed by atoms with E-state index in [1.807, 2.05) is 30.3 Å².